The molecule has 7 heteroatoms. The fraction of sp³-hybridized carbons (Fsp3) is 0.524. The van der Waals surface area contributed by atoms with Gasteiger partial charge in [0.05, 0.1) is 18.0 Å². The van der Waals surface area contributed by atoms with E-state index >= 15 is 0 Å². The van der Waals surface area contributed by atoms with Crippen molar-refractivity contribution in [1.82, 2.24) is 9.97 Å². The quantitative estimate of drug-likeness (QED) is 0.704. The summed E-state index contributed by atoms with van der Waals surface area (Å²) in [4.78, 5) is 9.90. The summed E-state index contributed by atoms with van der Waals surface area (Å²) in [6.07, 6.45) is 3.77. The van der Waals surface area contributed by atoms with Gasteiger partial charge in [-0.25, -0.2) is 4.98 Å². The second-order valence-corrected chi connectivity index (χ2v) is 8.00. The molecule has 0 aromatic carbocycles. The summed E-state index contributed by atoms with van der Waals surface area (Å²) in [7, 11) is 0. The topological polar surface area (TPSA) is 38.2 Å². The Morgan fingerprint density at radius 1 is 1.21 bits per heavy atom. The number of alkyl halides is 3. The Morgan fingerprint density at radius 2 is 2.00 bits per heavy atom. The number of pyridine rings is 2. The van der Waals surface area contributed by atoms with E-state index in [9.17, 15) is 13.2 Å². The van der Waals surface area contributed by atoms with Crippen LogP contribution in [-0.2, 0) is 10.9 Å². The standard InChI is InChI=1S/C21H24F3N3O/c1-2-8-28-19(15-4-3-7-25-11-15)16-9-20(10-16)13-27(14-20)17-5-6-18(26-12-17)21(22,23)24/h3-7,11-12,16,19H,2,8-10,13-14H2,1H3. The first-order valence-corrected chi connectivity index (χ1v) is 9.70. The zero-order chi connectivity index (χ0) is 19.8. The Hall–Kier alpha value is -2.15. The number of hydrogen-bond donors (Lipinski definition) is 0. The lowest BCUT2D eigenvalue weighted by molar-refractivity contribution is -0.141. The van der Waals surface area contributed by atoms with Gasteiger partial charge in [0, 0.05) is 37.5 Å². The van der Waals surface area contributed by atoms with Crippen molar-refractivity contribution >= 4 is 5.69 Å². The third-order valence-electron chi connectivity index (χ3n) is 5.79. The van der Waals surface area contributed by atoms with Crippen LogP contribution in [0.15, 0.2) is 42.9 Å². The van der Waals surface area contributed by atoms with Crippen LogP contribution in [0.1, 0.15) is 43.5 Å². The Labute approximate surface area is 162 Å². The zero-order valence-electron chi connectivity index (χ0n) is 15.8. The molecule has 0 radical (unpaired) electrons. The fourth-order valence-electron chi connectivity index (χ4n) is 4.51. The molecule has 0 bridgehead atoms. The van der Waals surface area contributed by atoms with Gasteiger partial charge in [-0.05, 0) is 48.9 Å². The van der Waals surface area contributed by atoms with Crippen LogP contribution in [0.4, 0.5) is 18.9 Å². The summed E-state index contributed by atoms with van der Waals surface area (Å²) in [5, 5.41) is 0. The number of aromatic nitrogens is 2. The maximum absolute atomic E-state index is 12.7. The van der Waals surface area contributed by atoms with E-state index in [0.717, 1.165) is 56.3 Å². The minimum Gasteiger partial charge on any atom is -0.373 e. The van der Waals surface area contributed by atoms with Crippen molar-refractivity contribution in [2.75, 3.05) is 24.6 Å². The van der Waals surface area contributed by atoms with E-state index in [0.29, 0.717) is 5.92 Å². The molecule has 1 aliphatic heterocycles. The average Bonchev–Trinajstić information content (AvgIpc) is 2.62. The van der Waals surface area contributed by atoms with Crippen molar-refractivity contribution in [2.45, 2.75) is 38.5 Å². The number of nitrogens with zero attached hydrogens (tertiary/aromatic N) is 3. The molecule has 2 aromatic rings. The Morgan fingerprint density at radius 3 is 2.57 bits per heavy atom. The van der Waals surface area contributed by atoms with Crippen LogP contribution in [0.5, 0.6) is 0 Å². The predicted octanol–water partition coefficient (Wildman–Crippen LogP) is 4.88. The van der Waals surface area contributed by atoms with E-state index in [1.165, 1.54) is 12.3 Å². The number of ether oxygens (including phenoxy) is 1. The third kappa shape index (κ3) is 3.72. The number of rotatable bonds is 6. The Bertz CT molecular complexity index is 781. The SMILES string of the molecule is CCCOC(c1cccnc1)C1CC2(C1)CN(c1ccc(C(F)(F)F)nc1)C2. The molecule has 0 N–H and O–H groups in total. The van der Waals surface area contributed by atoms with Crippen molar-refractivity contribution in [2.24, 2.45) is 11.3 Å². The largest absolute Gasteiger partial charge is 0.433 e. The fourth-order valence-corrected chi connectivity index (χ4v) is 4.51. The highest BCUT2D eigenvalue weighted by Gasteiger charge is 2.54. The van der Waals surface area contributed by atoms with Crippen molar-refractivity contribution in [3.8, 4) is 0 Å². The van der Waals surface area contributed by atoms with Crippen LogP contribution < -0.4 is 4.90 Å². The number of anilines is 1. The van der Waals surface area contributed by atoms with Crippen molar-refractivity contribution in [1.29, 1.82) is 0 Å². The zero-order valence-corrected chi connectivity index (χ0v) is 15.8. The molecule has 1 unspecified atom stereocenters. The molecule has 1 aliphatic carbocycles. The van der Waals surface area contributed by atoms with Crippen molar-refractivity contribution < 1.29 is 17.9 Å². The molecule has 2 aromatic heterocycles. The van der Waals surface area contributed by atoms with Crippen molar-refractivity contribution in [3.05, 3.63) is 54.1 Å². The number of hydrogen-bond acceptors (Lipinski definition) is 4. The lowest BCUT2D eigenvalue weighted by Crippen LogP contribution is -2.63. The van der Waals surface area contributed by atoms with Crippen LogP contribution in [-0.4, -0.2) is 29.7 Å². The highest BCUT2D eigenvalue weighted by molar-refractivity contribution is 5.49. The first kappa shape index (κ1) is 19.2. The minimum absolute atomic E-state index is 0.0704. The summed E-state index contributed by atoms with van der Waals surface area (Å²) in [5.74, 6) is 0.462. The molecule has 28 heavy (non-hydrogen) atoms. The molecule has 1 spiro atoms. The molecule has 4 rings (SSSR count). The van der Waals surface area contributed by atoms with Gasteiger partial charge >= 0.3 is 6.18 Å². The molecule has 2 aliphatic rings. The van der Waals surface area contributed by atoms with Gasteiger partial charge in [-0.1, -0.05) is 13.0 Å². The first-order valence-electron chi connectivity index (χ1n) is 9.70. The van der Waals surface area contributed by atoms with Gasteiger partial charge in [-0.3, -0.25) is 4.98 Å². The summed E-state index contributed by atoms with van der Waals surface area (Å²) in [6, 6.07) is 6.58. The first-order chi connectivity index (χ1) is 13.4. The highest BCUT2D eigenvalue weighted by Crippen LogP contribution is 2.57. The lowest BCUT2D eigenvalue weighted by atomic mass is 9.55. The maximum atomic E-state index is 12.7. The van der Waals surface area contributed by atoms with Gasteiger partial charge in [0.2, 0.25) is 0 Å². The van der Waals surface area contributed by atoms with Crippen LogP contribution in [0, 0.1) is 11.3 Å². The van der Waals surface area contributed by atoms with Gasteiger partial charge in [0.15, 0.2) is 0 Å². The predicted molar refractivity (Wildman–Crippen MR) is 99.8 cm³/mol. The summed E-state index contributed by atoms with van der Waals surface area (Å²) < 4.78 is 44.1. The Kier molecular flexibility index (Phi) is 5.04. The lowest BCUT2D eigenvalue weighted by Gasteiger charge is -2.61. The maximum Gasteiger partial charge on any atom is 0.433 e. The molecular formula is C21H24F3N3O. The van der Waals surface area contributed by atoms with Crippen LogP contribution >= 0.6 is 0 Å². The highest BCUT2D eigenvalue weighted by atomic mass is 19.4. The molecule has 4 nitrogen and oxygen atoms in total. The van der Waals surface area contributed by atoms with Crippen LogP contribution in [0.25, 0.3) is 0 Å². The van der Waals surface area contributed by atoms with Gasteiger partial charge in [0.1, 0.15) is 5.69 Å². The normalized spacial score (nSPS) is 19.9. The second kappa shape index (κ2) is 7.35. The van der Waals surface area contributed by atoms with Gasteiger partial charge in [-0.15, -0.1) is 0 Å². The third-order valence-corrected chi connectivity index (χ3v) is 5.79. The Balaban J connectivity index is 1.35. The molecule has 3 heterocycles. The molecular weight excluding hydrogens is 367 g/mol. The molecule has 1 atom stereocenters. The average molecular weight is 391 g/mol. The van der Waals surface area contributed by atoms with E-state index in [2.05, 4.69) is 27.9 Å². The molecule has 1 saturated carbocycles. The molecule has 1 saturated heterocycles. The van der Waals surface area contributed by atoms with Gasteiger partial charge < -0.3 is 9.64 Å². The minimum atomic E-state index is -4.39. The van der Waals surface area contributed by atoms with Crippen molar-refractivity contribution in [3.63, 3.8) is 0 Å². The van der Waals surface area contributed by atoms with Crippen LogP contribution in [0.3, 0.4) is 0 Å². The summed E-state index contributed by atoms with van der Waals surface area (Å²) in [5.41, 5.74) is 1.29. The molecule has 150 valence electrons. The van der Waals surface area contributed by atoms with Gasteiger partial charge in [0.25, 0.3) is 0 Å². The monoisotopic (exact) mass is 391 g/mol. The summed E-state index contributed by atoms with van der Waals surface area (Å²) in [6.45, 7) is 4.56. The van der Waals surface area contributed by atoms with E-state index in [-0.39, 0.29) is 11.5 Å². The van der Waals surface area contributed by atoms with Gasteiger partial charge in [-0.2, -0.15) is 13.2 Å². The smallest absolute Gasteiger partial charge is 0.373 e. The van der Waals surface area contributed by atoms with E-state index in [1.807, 2.05) is 12.3 Å². The van der Waals surface area contributed by atoms with E-state index in [4.69, 9.17) is 4.74 Å². The van der Waals surface area contributed by atoms with E-state index < -0.39 is 11.9 Å². The second-order valence-electron chi connectivity index (χ2n) is 8.00. The molecule has 0 amide bonds. The molecule has 2 fully saturated rings. The number of halogens is 3. The summed E-state index contributed by atoms with van der Waals surface area (Å²) >= 11 is 0. The van der Waals surface area contributed by atoms with Crippen LogP contribution in [0.2, 0.25) is 0 Å². The van der Waals surface area contributed by atoms with E-state index in [1.54, 1.807) is 6.20 Å².